The van der Waals surface area contributed by atoms with E-state index in [1.165, 1.54) is 29.0 Å². The van der Waals surface area contributed by atoms with Crippen LogP contribution < -0.4 is 10.5 Å². The van der Waals surface area contributed by atoms with Crippen LogP contribution in [0.4, 0.5) is 5.82 Å². The van der Waals surface area contributed by atoms with E-state index in [0.29, 0.717) is 23.9 Å². The number of anilines is 1. The fourth-order valence-corrected chi connectivity index (χ4v) is 4.53. The Kier molecular flexibility index (Phi) is 4.18. The van der Waals surface area contributed by atoms with Gasteiger partial charge in [-0.25, -0.2) is 4.98 Å². The van der Waals surface area contributed by atoms with Gasteiger partial charge < -0.3 is 4.90 Å². The Morgan fingerprint density at radius 1 is 1.03 bits per heavy atom. The number of hydrogen-bond donors (Lipinski definition) is 0. The van der Waals surface area contributed by atoms with Crippen molar-refractivity contribution < 1.29 is 0 Å². The number of fused-ring (bicyclic) bond motifs is 2. The van der Waals surface area contributed by atoms with Gasteiger partial charge in [-0.1, -0.05) is 0 Å². The molecule has 32 heavy (non-hydrogen) atoms. The highest BCUT2D eigenvalue weighted by atomic mass is 16.1. The van der Waals surface area contributed by atoms with Crippen molar-refractivity contribution >= 4 is 11.5 Å². The van der Waals surface area contributed by atoms with Gasteiger partial charge in [0.2, 0.25) is 0 Å². The van der Waals surface area contributed by atoms with Gasteiger partial charge in [-0.15, -0.1) is 5.10 Å². The molecule has 6 rings (SSSR count). The number of pyridine rings is 1. The molecule has 8 heteroatoms. The minimum atomic E-state index is -0.147. The summed E-state index contributed by atoms with van der Waals surface area (Å²) in [5, 5.41) is 9.24. The van der Waals surface area contributed by atoms with Crippen LogP contribution in [0.1, 0.15) is 47.0 Å². The van der Waals surface area contributed by atoms with E-state index in [4.69, 9.17) is 10.1 Å². The number of nitrogens with zero attached hydrogens (tertiary/aromatic N) is 7. The maximum Gasteiger partial charge on any atom is 0.274 e. The highest BCUT2D eigenvalue weighted by Crippen LogP contribution is 2.35. The van der Waals surface area contributed by atoms with Crippen LogP contribution in [-0.4, -0.2) is 35.9 Å². The summed E-state index contributed by atoms with van der Waals surface area (Å²) in [5.74, 6) is 0.834. The lowest BCUT2D eigenvalue weighted by Crippen LogP contribution is -2.34. The first-order valence-electron chi connectivity index (χ1n) is 11.1. The zero-order valence-electron chi connectivity index (χ0n) is 18.5. The van der Waals surface area contributed by atoms with Gasteiger partial charge in [0.05, 0.1) is 12.2 Å². The van der Waals surface area contributed by atoms with E-state index in [9.17, 15) is 4.79 Å². The van der Waals surface area contributed by atoms with E-state index in [1.807, 2.05) is 26.2 Å². The maximum absolute atomic E-state index is 12.6. The lowest BCUT2D eigenvalue weighted by Gasteiger charge is -2.31. The molecule has 4 aromatic heterocycles. The molecule has 0 radical (unpaired) electrons. The molecule has 0 spiro atoms. The van der Waals surface area contributed by atoms with Crippen LogP contribution in [-0.2, 0) is 13.0 Å². The Morgan fingerprint density at radius 2 is 1.88 bits per heavy atom. The van der Waals surface area contributed by atoms with Gasteiger partial charge >= 0.3 is 0 Å². The van der Waals surface area contributed by atoms with Crippen LogP contribution in [0.2, 0.25) is 0 Å². The average Bonchev–Trinajstić information content (AvgIpc) is 3.52. The molecule has 0 atom stereocenters. The standard InChI is InChI=1S/C24H25N7O/c1-14-8-22(32)31-23(27-14)15(2)16(3)24(28-31)29-7-6-21-18(12-29)9-17(10-25-21)19-11-26-30(13-19)20-4-5-20/h8-11,13,20H,4-7,12H2,1-3H3. The van der Waals surface area contributed by atoms with Crippen molar-refractivity contribution in [3.63, 3.8) is 0 Å². The molecule has 0 amide bonds. The van der Waals surface area contributed by atoms with Crippen LogP contribution in [0.5, 0.6) is 0 Å². The van der Waals surface area contributed by atoms with E-state index >= 15 is 0 Å². The summed E-state index contributed by atoms with van der Waals surface area (Å²) in [7, 11) is 0. The van der Waals surface area contributed by atoms with Crippen LogP contribution in [0.15, 0.2) is 35.5 Å². The third-order valence-corrected chi connectivity index (χ3v) is 6.65. The Bertz CT molecular complexity index is 1430. The van der Waals surface area contributed by atoms with Gasteiger partial charge in [-0.3, -0.25) is 14.5 Å². The smallest absolute Gasteiger partial charge is 0.274 e. The van der Waals surface area contributed by atoms with Crippen molar-refractivity contribution in [2.24, 2.45) is 0 Å². The fraction of sp³-hybridized carbons (Fsp3) is 0.375. The van der Waals surface area contributed by atoms with Crippen molar-refractivity contribution in [3.8, 4) is 11.1 Å². The van der Waals surface area contributed by atoms with Crippen molar-refractivity contribution in [3.05, 3.63) is 69.2 Å². The minimum Gasteiger partial charge on any atom is -0.350 e. The molecule has 0 aromatic carbocycles. The molecular formula is C24H25N7O. The van der Waals surface area contributed by atoms with Crippen molar-refractivity contribution in [2.45, 2.75) is 52.6 Å². The number of aromatic nitrogens is 6. The molecule has 0 saturated heterocycles. The summed E-state index contributed by atoms with van der Waals surface area (Å²) < 4.78 is 3.50. The van der Waals surface area contributed by atoms with E-state index in [0.717, 1.165) is 46.7 Å². The van der Waals surface area contributed by atoms with E-state index < -0.39 is 0 Å². The summed E-state index contributed by atoms with van der Waals surface area (Å²) in [6, 6.07) is 4.32. The zero-order chi connectivity index (χ0) is 22.0. The SMILES string of the molecule is Cc1cc(=O)n2nc(N3CCc4ncc(-c5cnn(C6CC6)c5)cc4C3)c(C)c(C)c2n1. The first-order chi connectivity index (χ1) is 15.5. The number of aryl methyl sites for hydroxylation is 2. The van der Waals surface area contributed by atoms with Crippen LogP contribution >= 0.6 is 0 Å². The highest BCUT2D eigenvalue weighted by molar-refractivity contribution is 5.64. The Balaban J connectivity index is 1.37. The second kappa shape index (κ2) is 6.98. The fourth-order valence-electron chi connectivity index (χ4n) is 4.53. The molecule has 8 nitrogen and oxygen atoms in total. The molecule has 1 aliphatic heterocycles. The molecule has 2 aliphatic rings. The average molecular weight is 428 g/mol. The van der Waals surface area contributed by atoms with Crippen molar-refractivity contribution in [2.75, 3.05) is 11.4 Å². The largest absolute Gasteiger partial charge is 0.350 e. The van der Waals surface area contributed by atoms with E-state index in [1.54, 1.807) is 0 Å². The predicted octanol–water partition coefficient (Wildman–Crippen LogP) is 3.17. The molecule has 1 aliphatic carbocycles. The van der Waals surface area contributed by atoms with Crippen molar-refractivity contribution in [1.29, 1.82) is 0 Å². The third kappa shape index (κ3) is 3.09. The van der Waals surface area contributed by atoms with Crippen LogP contribution in [0.3, 0.4) is 0 Å². The minimum absolute atomic E-state index is 0.147. The normalized spacial score (nSPS) is 15.9. The molecule has 4 aromatic rings. The Labute approximate surface area is 185 Å². The van der Waals surface area contributed by atoms with Gasteiger partial charge in [0.25, 0.3) is 5.56 Å². The molecule has 162 valence electrons. The summed E-state index contributed by atoms with van der Waals surface area (Å²) in [5.41, 5.74) is 7.76. The van der Waals surface area contributed by atoms with E-state index in [-0.39, 0.29) is 5.56 Å². The summed E-state index contributed by atoms with van der Waals surface area (Å²) >= 11 is 0. The molecule has 0 N–H and O–H groups in total. The zero-order valence-corrected chi connectivity index (χ0v) is 18.5. The van der Waals surface area contributed by atoms with Gasteiger partial charge in [0.1, 0.15) is 0 Å². The lowest BCUT2D eigenvalue weighted by atomic mass is 10.0. The third-order valence-electron chi connectivity index (χ3n) is 6.65. The van der Waals surface area contributed by atoms with Crippen LogP contribution in [0, 0.1) is 20.8 Å². The first kappa shape index (κ1) is 19.2. The van der Waals surface area contributed by atoms with Gasteiger partial charge in [-0.2, -0.15) is 9.61 Å². The molecule has 0 bridgehead atoms. The van der Waals surface area contributed by atoms with E-state index in [2.05, 4.69) is 38.9 Å². The summed E-state index contributed by atoms with van der Waals surface area (Å²) in [4.78, 5) is 24.1. The summed E-state index contributed by atoms with van der Waals surface area (Å²) in [6.07, 6.45) is 9.29. The topological polar surface area (TPSA) is 81.2 Å². The molecule has 1 saturated carbocycles. The molecule has 1 fully saturated rings. The second-order valence-corrected chi connectivity index (χ2v) is 8.99. The van der Waals surface area contributed by atoms with Gasteiger partial charge in [0, 0.05) is 71.6 Å². The number of hydrogen-bond acceptors (Lipinski definition) is 6. The lowest BCUT2D eigenvalue weighted by molar-refractivity contribution is 0.642. The number of rotatable bonds is 3. The highest BCUT2D eigenvalue weighted by Gasteiger charge is 2.25. The molecule has 5 heterocycles. The monoisotopic (exact) mass is 427 g/mol. The van der Waals surface area contributed by atoms with Crippen molar-refractivity contribution in [1.82, 2.24) is 29.4 Å². The van der Waals surface area contributed by atoms with Crippen LogP contribution in [0.25, 0.3) is 16.8 Å². The maximum atomic E-state index is 12.6. The molecular weight excluding hydrogens is 402 g/mol. The first-order valence-corrected chi connectivity index (χ1v) is 11.1. The Morgan fingerprint density at radius 3 is 2.69 bits per heavy atom. The van der Waals surface area contributed by atoms with Gasteiger partial charge in [-0.05, 0) is 45.2 Å². The quantitative estimate of drug-likeness (QED) is 0.500. The Hall–Kier alpha value is -3.55. The summed E-state index contributed by atoms with van der Waals surface area (Å²) in [6.45, 7) is 7.43. The molecule has 0 unspecified atom stereocenters. The van der Waals surface area contributed by atoms with Gasteiger partial charge in [0.15, 0.2) is 11.5 Å². The predicted molar refractivity (Wildman–Crippen MR) is 122 cm³/mol. The second-order valence-electron chi connectivity index (χ2n) is 8.99.